The molecule has 0 heterocycles. The SMILES string of the molecule is NC(=O)S.[H-].[H-].[Mg+2]. The smallest absolute Gasteiger partial charge is 1.00 e. The van der Waals surface area contributed by atoms with Crippen molar-refractivity contribution >= 4 is 40.9 Å². The van der Waals surface area contributed by atoms with E-state index in [4.69, 9.17) is 4.79 Å². The van der Waals surface area contributed by atoms with E-state index in [0.717, 1.165) is 0 Å². The molecule has 2 N–H and O–H groups in total. The van der Waals surface area contributed by atoms with Gasteiger partial charge in [0.05, 0.1) is 0 Å². The largest absolute Gasteiger partial charge is 2.00 e. The number of carbonyl (C=O) groups is 1. The molecule has 5 heavy (non-hydrogen) atoms. The van der Waals surface area contributed by atoms with Gasteiger partial charge in [-0.05, 0) is 0 Å². The molecule has 0 aliphatic carbocycles. The van der Waals surface area contributed by atoms with Crippen LogP contribution in [0.2, 0.25) is 0 Å². The van der Waals surface area contributed by atoms with Crippen LogP contribution in [0.5, 0.6) is 0 Å². The molecule has 2 nitrogen and oxygen atoms in total. The topological polar surface area (TPSA) is 43.1 Å². The van der Waals surface area contributed by atoms with Gasteiger partial charge < -0.3 is 8.59 Å². The van der Waals surface area contributed by atoms with Crippen molar-refractivity contribution in [2.75, 3.05) is 0 Å². The molecular weight excluding hydrogens is 98.4 g/mol. The van der Waals surface area contributed by atoms with Gasteiger partial charge in [0.1, 0.15) is 0 Å². The van der Waals surface area contributed by atoms with Crippen molar-refractivity contribution < 1.29 is 7.65 Å². The molecule has 0 saturated heterocycles. The van der Waals surface area contributed by atoms with Gasteiger partial charge in [0.2, 0.25) is 0 Å². The zero-order chi connectivity index (χ0) is 3.58. The molecule has 0 spiro atoms. The van der Waals surface area contributed by atoms with Crippen molar-refractivity contribution in [3.05, 3.63) is 0 Å². The zero-order valence-corrected chi connectivity index (χ0v) is 4.95. The van der Waals surface area contributed by atoms with E-state index in [1.807, 2.05) is 0 Å². The van der Waals surface area contributed by atoms with Crippen LogP contribution in [0.1, 0.15) is 2.85 Å². The quantitative estimate of drug-likeness (QED) is 0.325. The van der Waals surface area contributed by atoms with E-state index in [-0.39, 0.29) is 25.9 Å². The monoisotopic (exact) mass is 103 g/mol. The van der Waals surface area contributed by atoms with E-state index < -0.39 is 5.24 Å². The third-order valence-electron chi connectivity index (χ3n) is 0. The van der Waals surface area contributed by atoms with Crippen LogP contribution in [-0.4, -0.2) is 28.3 Å². The van der Waals surface area contributed by atoms with Crippen LogP contribution in [0.25, 0.3) is 0 Å². The van der Waals surface area contributed by atoms with Crippen molar-refractivity contribution in [3.63, 3.8) is 0 Å². The molecular formula is CH5MgNOS. The summed E-state index contributed by atoms with van der Waals surface area (Å²) >= 11 is 3.10. The predicted molar refractivity (Wildman–Crippen MR) is 26.5 cm³/mol. The van der Waals surface area contributed by atoms with Crippen molar-refractivity contribution in [2.45, 2.75) is 0 Å². The van der Waals surface area contributed by atoms with Crippen LogP contribution < -0.4 is 5.73 Å². The fraction of sp³-hybridized carbons (Fsp3) is 0. The number of amides is 1. The van der Waals surface area contributed by atoms with Crippen LogP contribution in [0, 0.1) is 0 Å². The van der Waals surface area contributed by atoms with Crippen LogP contribution in [-0.2, 0) is 0 Å². The fourth-order valence-electron chi connectivity index (χ4n) is 0. The number of primary amides is 1. The predicted octanol–water partition coefficient (Wildman–Crippen LogP) is -0.161. The summed E-state index contributed by atoms with van der Waals surface area (Å²) in [4.78, 5) is 9.09. The molecule has 0 radical (unpaired) electrons. The van der Waals surface area contributed by atoms with Gasteiger partial charge in [0.15, 0.2) is 0 Å². The molecule has 0 bridgehead atoms. The summed E-state index contributed by atoms with van der Waals surface area (Å²) in [7, 11) is 0. The first kappa shape index (κ1) is 9.14. The minimum absolute atomic E-state index is 0. The Balaban J connectivity index is -0.0000000150. The van der Waals surface area contributed by atoms with E-state index in [1.54, 1.807) is 0 Å². The number of carbonyl (C=O) groups excluding carboxylic acids is 1. The van der Waals surface area contributed by atoms with Gasteiger partial charge in [-0.2, -0.15) is 0 Å². The second-order valence-corrected chi connectivity index (χ2v) is 0.779. The Bertz CT molecular complexity index is 40.7. The van der Waals surface area contributed by atoms with Gasteiger partial charge >= 0.3 is 23.1 Å². The average Bonchev–Trinajstić information content (AvgIpc) is 0.811. The van der Waals surface area contributed by atoms with Crippen molar-refractivity contribution in [1.82, 2.24) is 0 Å². The minimum atomic E-state index is -0.639. The summed E-state index contributed by atoms with van der Waals surface area (Å²) in [5.74, 6) is 0. The molecule has 0 aromatic heterocycles. The van der Waals surface area contributed by atoms with E-state index in [2.05, 4.69) is 18.4 Å². The maximum atomic E-state index is 9.09. The summed E-state index contributed by atoms with van der Waals surface area (Å²) < 4.78 is 0. The average molecular weight is 103 g/mol. The maximum absolute atomic E-state index is 9.09. The first-order valence-corrected chi connectivity index (χ1v) is 1.16. The number of hydrogen-bond acceptors (Lipinski definition) is 1. The van der Waals surface area contributed by atoms with Gasteiger partial charge in [-0.1, -0.05) is 12.6 Å². The Hall–Kier alpha value is 0.586. The molecule has 0 rings (SSSR count). The number of rotatable bonds is 0. The van der Waals surface area contributed by atoms with Crippen LogP contribution >= 0.6 is 12.6 Å². The summed E-state index contributed by atoms with van der Waals surface area (Å²) in [6.07, 6.45) is 0. The van der Waals surface area contributed by atoms with Gasteiger partial charge in [0, 0.05) is 0 Å². The zero-order valence-electron chi connectivity index (χ0n) is 4.64. The molecule has 0 saturated carbocycles. The summed E-state index contributed by atoms with van der Waals surface area (Å²) in [6, 6.07) is 0. The molecule has 4 heteroatoms. The van der Waals surface area contributed by atoms with Crippen molar-refractivity contribution in [2.24, 2.45) is 5.73 Å². The third-order valence-corrected chi connectivity index (χ3v) is 0. The van der Waals surface area contributed by atoms with Crippen LogP contribution in [0.3, 0.4) is 0 Å². The molecule has 28 valence electrons. The van der Waals surface area contributed by atoms with E-state index in [9.17, 15) is 0 Å². The Morgan fingerprint density at radius 1 is 2.00 bits per heavy atom. The number of hydrogen-bond donors (Lipinski definition) is 2. The summed E-state index contributed by atoms with van der Waals surface area (Å²) in [5.41, 5.74) is 4.34. The number of thiol groups is 1. The Kier molecular flexibility index (Phi) is 8.38. The second kappa shape index (κ2) is 4.59. The van der Waals surface area contributed by atoms with Crippen molar-refractivity contribution in [3.8, 4) is 0 Å². The Morgan fingerprint density at radius 2 is 2.00 bits per heavy atom. The van der Waals surface area contributed by atoms with Crippen molar-refractivity contribution in [1.29, 1.82) is 0 Å². The van der Waals surface area contributed by atoms with E-state index in [1.165, 1.54) is 0 Å². The van der Waals surface area contributed by atoms with Gasteiger partial charge in [-0.3, -0.25) is 4.79 Å². The van der Waals surface area contributed by atoms with E-state index >= 15 is 0 Å². The van der Waals surface area contributed by atoms with Crippen LogP contribution in [0.15, 0.2) is 0 Å². The van der Waals surface area contributed by atoms with Crippen LogP contribution in [0.4, 0.5) is 4.79 Å². The number of nitrogens with two attached hydrogens (primary N) is 1. The molecule has 0 aromatic carbocycles. The molecule has 0 unspecified atom stereocenters. The molecule has 0 aliphatic heterocycles. The molecule has 0 aliphatic rings. The Morgan fingerprint density at radius 3 is 2.00 bits per heavy atom. The van der Waals surface area contributed by atoms with E-state index in [0.29, 0.717) is 0 Å². The van der Waals surface area contributed by atoms with Gasteiger partial charge in [-0.25, -0.2) is 0 Å². The van der Waals surface area contributed by atoms with Gasteiger partial charge in [-0.15, -0.1) is 0 Å². The fourth-order valence-corrected chi connectivity index (χ4v) is 0. The molecule has 0 fully saturated rings. The Labute approximate surface area is 54.6 Å². The molecule has 0 atom stereocenters. The maximum Gasteiger partial charge on any atom is 2.00 e. The minimum Gasteiger partial charge on any atom is -1.00 e. The standard InChI is InChI=1S/CH3NOS.Mg.2H/c2-1(3)4;;;/h(H3,2,3,4);;;/q;+2;2*-1. The first-order valence-electron chi connectivity index (χ1n) is 0.716. The summed E-state index contributed by atoms with van der Waals surface area (Å²) in [5, 5.41) is -0.639. The third kappa shape index (κ3) is 89.3. The molecule has 0 aromatic rings. The normalized spacial score (nSPS) is 5.00. The molecule has 1 amide bonds. The van der Waals surface area contributed by atoms with Gasteiger partial charge in [0.25, 0.3) is 5.24 Å². The first-order chi connectivity index (χ1) is 1.73. The summed E-state index contributed by atoms with van der Waals surface area (Å²) in [6.45, 7) is 0. The second-order valence-electron chi connectivity index (χ2n) is 0.338.